The number of aromatic nitrogens is 2. The van der Waals surface area contributed by atoms with E-state index in [1.54, 1.807) is 14.0 Å². The van der Waals surface area contributed by atoms with E-state index in [-0.39, 0.29) is 72.1 Å². The third-order valence-electron chi connectivity index (χ3n) is 23.2. The van der Waals surface area contributed by atoms with Crippen LogP contribution >= 0.6 is 0 Å². The topological polar surface area (TPSA) is 190 Å². The van der Waals surface area contributed by atoms with Crippen molar-refractivity contribution in [1.82, 2.24) is 9.97 Å². The SMILES string of the molecule is CO[C@H]1c2nc3c(nc2C[C@@H]2CC[C@H]4C5=C[C@@H]6O[C@]7(O[C@](C)(CO)C[C@H]7O)[C@@H](C)[C@]6(O)[C@@]5(C)[C@H](O)C[C@@H]4[C@]21C)C[C@@]1(C)[C@@H](CC[C@H]2C4=CC[C@@H]5[C@@H](C)[C@@]6(OC[C@]45C(=O)C[C@@H]21)OC(C)(C)C[C@H]6O)C3. The first kappa shape index (κ1) is 45.7. The molecule has 3 spiro atoms. The summed E-state index contributed by atoms with van der Waals surface area (Å²) in [7, 11) is 1.80. The molecule has 0 radical (unpaired) electrons. The van der Waals surface area contributed by atoms with Crippen molar-refractivity contribution < 1.29 is 54.0 Å². The molecule has 4 saturated heterocycles. The zero-order chi connectivity index (χ0) is 47.9. The summed E-state index contributed by atoms with van der Waals surface area (Å²) in [6.45, 7) is 16.6. The average molecular weight is 941 g/mol. The highest BCUT2D eigenvalue weighted by Crippen LogP contribution is 2.73. The van der Waals surface area contributed by atoms with Crippen LogP contribution in [-0.4, -0.2) is 114 Å². The molecular weight excluding hydrogens is 865 g/mol. The smallest absolute Gasteiger partial charge is 0.201 e. The fraction of sp³-hybridized carbons (Fsp3) is 0.836. The Kier molecular flexibility index (Phi) is 9.34. The number of methoxy groups -OCH3 is 1. The number of nitrogens with zero attached hydrogens (tertiary/aromatic N) is 2. The number of aliphatic hydroxyl groups excluding tert-OH is 4. The van der Waals surface area contributed by atoms with E-state index in [4.69, 9.17) is 33.7 Å². The number of ether oxygens (including phenoxy) is 5. The quantitative estimate of drug-likeness (QED) is 0.229. The molecule has 372 valence electrons. The lowest BCUT2D eigenvalue weighted by Gasteiger charge is -2.63. The number of ketones is 1. The summed E-state index contributed by atoms with van der Waals surface area (Å²) in [6.07, 6.45) is 9.53. The van der Waals surface area contributed by atoms with Crippen molar-refractivity contribution in [3.63, 3.8) is 0 Å². The molecule has 13 nitrogen and oxygen atoms in total. The van der Waals surface area contributed by atoms with Crippen molar-refractivity contribution in [3.8, 4) is 0 Å². The fourth-order valence-electron chi connectivity index (χ4n) is 19.7. The maximum atomic E-state index is 15.0. The van der Waals surface area contributed by atoms with Crippen LogP contribution < -0.4 is 0 Å². The summed E-state index contributed by atoms with van der Waals surface area (Å²) >= 11 is 0. The molecule has 22 atom stereocenters. The van der Waals surface area contributed by atoms with Gasteiger partial charge in [0.05, 0.1) is 58.7 Å². The van der Waals surface area contributed by atoms with Gasteiger partial charge in [0.15, 0.2) is 5.79 Å². The van der Waals surface area contributed by atoms with Gasteiger partial charge in [0.2, 0.25) is 5.79 Å². The molecule has 12 aliphatic rings. The van der Waals surface area contributed by atoms with Gasteiger partial charge >= 0.3 is 0 Å². The van der Waals surface area contributed by atoms with E-state index in [2.05, 4.69) is 32.9 Å². The largest absolute Gasteiger partial charge is 0.393 e. The number of hydrogen-bond acceptors (Lipinski definition) is 13. The molecule has 4 aliphatic heterocycles. The van der Waals surface area contributed by atoms with Gasteiger partial charge in [-0.1, -0.05) is 57.9 Å². The lowest BCUT2D eigenvalue weighted by Crippen LogP contribution is -2.65. The Morgan fingerprint density at radius 1 is 0.794 bits per heavy atom. The Balaban J connectivity index is 0.784. The van der Waals surface area contributed by atoms with Gasteiger partial charge in [0.1, 0.15) is 35.8 Å². The minimum absolute atomic E-state index is 0.0464. The standard InChI is InChI=1S/C55H76N2O11/c1-26-32-14-15-33-30-12-10-28-16-37-39(21-49(28,6)34(30)18-41(60)52(32,33)25-65-54(26)42(61)22-47(3,4)67-54)56-38-17-29-11-13-31-35(50(29,7)46(64-9)45(38)57-37)19-40(59)51(8)36(31)20-44-53(51,63)27(2)55(66-44)43(62)23-48(5,24-58)68-55/h15,20,26-32,34-35,40,42-44,46,58-59,61-63H,10-14,16-19,21-25H2,1-9H3/t26-,27+,28+,29+,30+,31-,32-,34+,35+,40-,42-,43-,44+,46+,48+,49+,50+,51-,52-,53-,54-,55+/m1/s1. The number of hydrogen-bond donors (Lipinski definition) is 5. The predicted octanol–water partition coefficient (Wildman–Crippen LogP) is 5.65. The van der Waals surface area contributed by atoms with Crippen LogP contribution in [0.4, 0.5) is 0 Å². The van der Waals surface area contributed by atoms with Crippen molar-refractivity contribution in [2.45, 2.75) is 191 Å². The van der Waals surface area contributed by atoms with E-state index in [1.165, 1.54) is 5.57 Å². The Morgan fingerprint density at radius 2 is 1.50 bits per heavy atom. The second kappa shape index (κ2) is 13.9. The number of fused-ring (bicyclic) bond motifs is 13. The Hall–Kier alpha value is -2.17. The molecule has 5 N–H and O–H groups in total. The Morgan fingerprint density at radius 3 is 2.19 bits per heavy atom. The summed E-state index contributed by atoms with van der Waals surface area (Å²) in [4.78, 5) is 26.2. The summed E-state index contributed by atoms with van der Waals surface area (Å²) in [5.41, 5.74) is 1.23. The third kappa shape index (κ3) is 5.12. The molecular formula is C55H76N2O11. The summed E-state index contributed by atoms with van der Waals surface area (Å²) < 4.78 is 33.0. The number of allylic oxidation sites excluding steroid dienone is 1. The van der Waals surface area contributed by atoms with Crippen LogP contribution in [0.2, 0.25) is 0 Å². The first-order chi connectivity index (χ1) is 32.0. The molecule has 0 amide bonds. The molecule has 8 fully saturated rings. The summed E-state index contributed by atoms with van der Waals surface area (Å²) in [6, 6.07) is 0. The third-order valence-corrected chi connectivity index (χ3v) is 23.2. The molecule has 0 bridgehead atoms. The van der Waals surface area contributed by atoms with E-state index in [9.17, 15) is 30.3 Å². The van der Waals surface area contributed by atoms with E-state index in [0.29, 0.717) is 36.9 Å². The fourth-order valence-corrected chi connectivity index (χ4v) is 19.7. The number of rotatable bonds is 2. The molecule has 1 aromatic heterocycles. The number of aliphatic hydroxyl groups is 5. The lowest BCUT2D eigenvalue weighted by atomic mass is 9.43. The number of carbonyl (C=O) groups excluding carboxylic acids is 1. The molecule has 1 aromatic rings. The minimum Gasteiger partial charge on any atom is -0.393 e. The van der Waals surface area contributed by atoms with Crippen molar-refractivity contribution >= 4 is 5.78 Å². The van der Waals surface area contributed by atoms with Gasteiger partial charge in [0, 0.05) is 49.0 Å². The van der Waals surface area contributed by atoms with Gasteiger partial charge in [-0.2, -0.15) is 0 Å². The maximum absolute atomic E-state index is 15.0. The molecule has 0 aromatic carbocycles. The molecule has 13 heteroatoms. The zero-order valence-electron chi connectivity index (χ0n) is 41.7. The van der Waals surface area contributed by atoms with Gasteiger partial charge in [-0.25, -0.2) is 0 Å². The summed E-state index contributed by atoms with van der Waals surface area (Å²) in [5.74, 6) is -1.79. The van der Waals surface area contributed by atoms with Gasteiger partial charge in [-0.3, -0.25) is 14.8 Å². The molecule has 13 rings (SSSR count). The molecule has 68 heavy (non-hydrogen) atoms. The van der Waals surface area contributed by atoms with Crippen LogP contribution in [0, 0.1) is 74.9 Å². The predicted molar refractivity (Wildman–Crippen MR) is 246 cm³/mol. The monoisotopic (exact) mass is 941 g/mol. The number of carbonyl (C=O) groups is 1. The van der Waals surface area contributed by atoms with Gasteiger partial charge in [-0.05, 0) is 125 Å². The highest BCUT2D eigenvalue weighted by molar-refractivity contribution is 5.91. The van der Waals surface area contributed by atoms with Crippen LogP contribution in [0.5, 0.6) is 0 Å². The zero-order valence-corrected chi connectivity index (χ0v) is 41.7. The van der Waals surface area contributed by atoms with Crippen LogP contribution in [0.3, 0.4) is 0 Å². The van der Waals surface area contributed by atoms with Crippen molar-refractivity contribution in [2.24, 2.45) is 74.9 Å². The van der Waals surface area contributed by atoms with E-state index >= 15 is 0 Å². The first-order valence-corrected chi connectivity index (χ1v) is 26.5. The average Bonchev–Trinajstić information content (AvgIpc) is 4.01. The van der Waals surface area contributed by atoms with E-state index in [1.807, 2.05) is 27.7 Å². The first-order valence-electron chi connectivity index (χ1n) is 26.5. The molecule has 8 aliphatic carbocycles. The molecule has 4 saturated carbocycles. The second-order valence-electron chi connectivity index (χ2n) is 26.3. The van der Waals surface area contributed by atoms with Crippen molar-refractivity contribution in [1.29, 1.82) is 0 Å². The van der Waals surface area contributed by atoms with Gasteiger partial charge in [0.25, 0.3) is 0 Å². The van der Waals surface area contributed by atoms with Crippen molar-refractivity contribution in [2.75, 3.05) is 20.3 Å². The van der Waals surface area contributed by atoms with Crippen LogP contribution in [0.25, 0.3) is 0 Å². The van der Waals surface area contributed by atoms with Crippen molar-refractivity contribution in [3.05, 3.63) is 46.1 Å². The maximum Gasteiger partial charge on any atom is 0.201 e. The second-order valence-corrected chi connectivity index (χ2v) is 26.3. The van der Waals surface area contributed by atoms with Crippen LogP contribution in [-0.2, 0) is 47.7 Å². The van der Waals surface area contributed by atoms with E-state index < -0.39 is 69.5 Å². The molecule has 0 unspecified atom stereocenters. The Bertz CT molecular complexity index is 2440. The van der Waals surface area contributed by atoms with Gasteiger partial charge < -0.3 is 49.2 Å². The van der Waals surface area contributed by atoms with Crippen LogP contribution in [0.15, 0.2) is 23.3 Å². The van der Waals surface area contributed by atoms with Crippen LogP contribution in [0.1, 0.15) is 142 Å². The lowest BCUT2D eigenvalue weighted by molar-refractivity contribution is -0.336. The highest BCUT2D eigenvalue weighted by atomic mass is 16.7. The van der Waals surface area contributed by atoms with Gasteiger partial charge in [-0.15, -0.1) is 0 Å². The number of Topliss-reactive ketones (excluding diaryl/α,β-unsaturated/α-hetero) is 1. The highest BCUT2D eigenvalue weighted by Gasteiger charge is 2.79. The minimum atomic E-state index is -1.54. The Labute approximate surface area is 401 Å². The normalized spacial score (nSPS) is 56.6. The van der Waals surface area contributed by atoms with E-state index in [0.717, 1.165) is 79.7 Å². The molecule has 5 heterocycles. The summed E-state index contributed by atoms with van der Waals surface area (Å²) in [5, 5.41) is 58.6.